The first kappa shape index (κ1) is 18.8. The van der Waals surface area contributed by atoms with Gasteiger partial charge in [-0.05, 0) is 55.5 Å². The third-order valence-corrected chi connectivity index (χ3v) is 6.19. The van der Waals surface area contributed by atoms with Gasteiger partial charge in [0.2, 0.25) is 10.0 Å². The lowest BCUT2D eigenvalue weighted by Crippen LogP contribution is -2.44. The maximum absolute atomic E-state index is 12.7. The van der Waals surface area contributed by atoms with Gasteiger partial charge in [0, 0.05) is 29.4 Å². The van der Waals surface area contributed by atoms with E-state index in [9.17, 15) is 13.2 Å². The van der Waals surface area contributed by atoms with Gasteiger partial charge in [0.25, 0.3) is 5.91 Å². The number of nitrogens with one attached hydrogen (secondary N) is 1. The molecular weight excluding hydrogens is 376 g/mol. The number of halogens is 1. The zero-order valence-electron chi connectivity index (χ0n) is 14.2. The summed E-state index contributed by atoms with van der Waals surface area (Å²) in [4.78, 5) is 12.4. The monoisotopic (exact) mass is 394 g/mol. The number of carbonyl (C=O) groups is 1. The molecule has 0 spiro atoms. The van der Waals surface area contributed by atoms with Crippen LogP contribution in [0.25, 0.3) is 0 Å². The quantitative estimate of drug-likeness (QED) is 0.864. The number of amides is 1. The Morgan fingerprint density at radius 3 is 2.42 bits per heavy atom. The molecule has 3 rings (SSSR count). The Bertz CT molecular complexity index is 882. The van der Waals surface area contributed by atoms with Crippen LogP contribution in [0.2, 0.25) is 5.02 Å². The van der Waals surface area contributed by atoms with Crippen LogP contribution in [-0.4, -0.2) is 44.4 Å². The van der Waals surface area contributed by atoms with Gasteiger partial charge in [-0.25, -0.2) is 8.42 Å². The second-order valence-electron chi connectivity index (χ2n) is 6.03. The molecule has 0 aromatic heterocycles. The molecule has 8 heteroatoms. The Morgan fingerprint density at radius 1 is 1.15 bits per heavy atom. The molecule has 0 radical (unpaired) electrons. The van der Waals surface area contributed by atoms with Gasteiger partial charge in [-0.15, -0.1) is 0 Å². The van der Waals surface area contributed by atoms with Gasteiger partial charge in [-0.1, -0.05) is 11.6 Å². The highest BCUT2D eigenvalue weighted by Crippen LogP contribution is 2.21. The molecule has 1 amide bonds. The van der Waals surface area contributed by atoms with E-state index in [0.29, 0.717) is 36.0 Å². The maximum Gasteiger partial charge on any atom is 0.255 e. The fourth-order valence-corrected chi connectivity index (χ4v) is 4.29. The molecule has 6 nitrogen and oxygen atoms in total. The standard InChI is InChI=1S/C18H19ClN2O4S/c1-13-12-21(10-11-25-13)26(23,24)17-8-6-16(7-9-17)20-18(22)14-2-4-15(19)5-3-14/h2-9,13H,10-12H2,1H3,(H,20,22). The zero-order valence-corrected chi connectivity index (χ0v) is 15.8. The van der Waals surface area contributed by atoms with Crippen molar-refractivity contribution in [1.82, 2.24) is 4.31 Å². The van der Waals surface area contributed by atoms with Crippen molar-refractivity contribution in [3.8, 4) is 0 Å². The molecule has 0 aliphatic carbocycles. The van der Waals surface area contributed by atoms with Crippen LogP contribution in [-0.2, 0) is 14.8 Å². The molecule has 1 fully saturated rings. The Balaban J connectivity index is 1.71. The number of carbonyl (C=O) groups excluding carboxylic acids is 1. The third-order valence-electron chi connectivity index (χ3n) is 4.06. The minimum atomic E-state index is -3.57. The molecule has 0 bridgehead atoms. The van der Waals surface area contributed by atoms with Crippen LogP contribution in [0.4, 0.5) is 5.69 Å². The van der Waals surface area contributed by atoms with E-state index in [2.05, 4.69) is 5.32 Å². The van der Waals surface area contributed by atoms with Gasteiger partial charge in [0.1, 0.15) is 0 Å². The van der Waals surface area contributed by atoms with Crippen molar-refractivity contribution in [2.75, 3.05) is 25.0 Å². The second-order valence-corrected chi connectivity index (χ2v) is 8.40. The first-order valence-electron chi connectivity index (χ1n) is 8.15. The summed E-state index contributed by atoms with van der Waals surface area (Å²) in [6.45, 7) is 2.89. The van der Waals surface area contributed by atoms with Crippen molar-refractivity contribution in [1.29, 1.82) is 0 Å². The van der Waals surface area contributed by atoms with E-state index in [-0.39, 0.29) is 16.9 Å². The third kappa shape index (κ3) is 4.24. The van der Waals surface area contributed by atoms with Crippen LogP contribution in [0.15, 0.2) is 53.4 Å². The van der Waals surface area contributed by atoms with Crippen molar-refractivity contribution >= 4 is 33.2 Å². The summed E-state index contributed by atoms with van der Waals surface area (Å²) >= 11 is 5.81. The highest BCUT2D eigenvalue weighted by molar-refractivity contribution is 7.89. The highest BCUT2D eigenvalue weighted by Gasteiger charge is 2.29. The van der Waals surface area contributed by atoms with Crippen molar-refractivity contribution in [2.45, 2.75) is 17.9 Å². The number of morpholine rings is 1. The molecule has 26 heavy (non-hydrogen) atoms. The summed E-state index contributed by atoms with van der Waals surface area (Å²) in [5, 5.41) is 3.28. The molecular formula is C18H19ClN2O4S. The zero-order chi connectivity index (χ0) is 18.7. The number of nitrogens with zero attached hydrogens (tertiary/aromatic N) is 1. The van der Waals surface area contributed by atoms with Crippen molar-refractivity contribution in [3.63, 3.8) is 0 Å². The van der Waals surface area contributed by atoms with Gasteiger partial charge in [-0.3, -0.25) is 4.79 Å². The average Bonchev–Trinajstić information content (AvgIpc) is 2.62. The largest absolute Gasteiger partial charge is 0.376 e. The second kappa shape index (κ2) is 7.75. The summed E-state index contributed by atoms with van der Waals surface area (Å²) in [7, 11) is -3.57. The number of benzene rings is 2. The van der Waals surface area contributed by atoms with Crippen LogP contribution in [0.1, 0.15) is 17.3 Å². The SMILES string of the molecule is CC1CN(S(=O)(=O)c2ccc(NC(=O)c3ccc(Cl)cc3)cc2)CCO1. The van der Waals surface area contributed by atoms with Gasteiger partial charge < -0.3 is 10.1 Å². The molecule has 2 aromatic rings. The Kier molecular flexibility index (Phi) is 5.62. The van der Waals surface area contributed by atoms with E-state index in [1.807, 2.05) is 6.92 Å². The lowest BCUT2D eigenvalue weighted by Gasteiger charge is -2.30. The number of hydrogen-bond donors (Lipinski definition) is 1. The van der Waals surface area contributed by atoms with E-state index < -0.39 is 10.0 Å². The van der Waals surface area contributed by atoms with E-state index >= 15 is 0 Å². The van der Waals surface area contributed by atoms with Crippen molar-refractivity contribution < 1.29 is 17.9 Å². The summed E-state index contributed by atoms with van der Waals surface area (Å²) in [6.07, 6.45) is -0.128. The number of rotatable bonds is 4. The normalized spacial score (nSPS) is 18.5. The minimum absolute atomic E-state index is 0.128. The van der Waals surface area contributed by atoms with Gasteiger partial charge in [0.05, 0.1) is 17.6 Å². The number of hydrogen-bond acceptors (Lipinski definition) is 4. The van der Waals surface area contributed by atoms with Crippen LogP contribution in [0.3, 0.4) is 0 Å². The van der Waals surface area contributed by atoms with Crippen LogP contribution in [0, 0.1) is 0 Å². The number of sulfonamides is 1. The first-order valence-corrected chi connectivity index (χ1v) is 9.97. The number of anilines is 1. The Labute approximate surface area is 157 Å². The maximum atomic E-state index is 12.7. The Morgan fingerprint density at radius 2 is 1.81 bits per heavy atom. The fraction of sp³-hybridized carbons (Fsp3) is 0.278. The predicted molar refractivity (Wildman–Crippen MR) is 100 cm³/mol. The van der Waals surface area contributed by atoms with Gasteiger partial charge in [0.15, 0.2) is 0 Å². The molecule has 1 atom stereocenters. The molecule has 1 aliphatic rings. The first-order chi connectivity index (χ1) is 12.4. The van der Waals surface area contributed by atoms with E-state index in [0.717, 1.165) is 0 Å². The fourth-order valence-electron chi connectivity index (χ4n) is 2.67. The summed E-state index contributed by atoms with van der Waals surface area (Å²) in [5.74, 6) is -0.292. The molecule has 138 valence electrons. The van der Waals surface area contributed by atoms with Crippen molar-refractivity contribution in [3.05, 3.63) is 59.1 Å². The van der Waals surface area contributed by atoms with E-state index in [4.69, 9.17) is 16.3 Å². The summed E-state index contributed by atoms with van der Waals surface area (Å²) < 4.78 is 32.2. The van der Waals surface area contributed by atoms with Crippen molar-refractivity contribution in [2.24, 2.45) is 0 Å². The van der Waals surface area contributed by atoms with Crippen LogP contribution >= 0.6 is 11.6 Å². The summed E-state index contributed by atoms with van der Waals surface area (Å²) in [5.41, 5.74) is 0.979. The van der Waals surface area contributed by atoms with Gasteiger partial charge >= 0.3 is 0 Å². The molecule has 1 aliphatic heterocycles. The lowest BCUT2D eigenvalue weighted by atomic mass is 10.2. The average molecular weight is 395 g/mol. The highest BCUT2D eigenvalue weighted by atomic mass is 35.5. The molecule has 1 saturated heterocycles. The topological polar surface area (TPSA) is 75.7 Å². The molecule has 0 saturated carbocycles. The summed E-state index contributed by atoms with van der Waals surface area (Å²) in [6, 6.07) is 12.6. The van der Waals surface area contributed by atoms with Crippen LogP contribution < -0.4 is 5.32 Å². The smallest absolute Gasteiger partial charge is 0.255 e. The molecule has 1 N–H and O–H groups in total. The van der Waals surface area contributed by atoms with Gasteiger partial charge in [-0.2, -0.15) is 4.31 Å². The molecule has 1 heterocycles. The lowest BCUT2D eigenvalue weighted by molar-refractivity contribution is 0.0102. The molecule has 2 aromatic carbocycles. The minimum Gasteiger partial charge on any atom is -0.376 e. The van der Waals surface area contributed by atoms with E-state index in [1.165, 1.54) is 16.4 Å². The van der Waals surface area contributed by atoms with Crippen LogP contribution in [0.5, 0.6) is 0 Å². The Hall–Kier alpha value is -1.93. The number of ether oxygens (including phenoxy) is 1. The molecule has 1 unspecified atom stereocenters. The van der Waals surface area contributed by atoms with E-state index in [1.54, 1.807) is 36.4 Å². The predicted octanol–water partition coefficient (Wildman–Crippen LogP) is 3.00.